The van der Waals surface area contributed by atoms with E-state index in [4.69, 9.17) is 5.73 Å². The van der Waals surface area contributed by atoms with E-state index in [2.05, 4.69) is 20.8 Å². The SMILES string of the molecule is C[C@H]1[C@@H](N)C[C@H]2C[C@@H]1C2(C)C. The summed E-state index contributed by atoms with van der Waals surface area (Å²) in [5.74, 6) is 2.60. The quantitative estimate of drug-likeness (QED) is 0.566. The number of hydrogen-bond donors (Lipinski definition) is 1. The van der Waals surface area contributed by atoms with E-state index in [1.165, 1.54) is 12.8 Å². The van der Waals surface area contributed by atoms with Crippen LogP contribution in [0.1, 0.15) is 33.6 Å². The number of hydrogen-bond acceptors (Lipinski definition) is 1. The molecule has 0 spiro atoms. The van der Waals surface area contributed by atoms with E-state index >= 15 is 0 Å². The average Bonchev–Trinajstić information content (AvgIpc) is 1.93. The van der Waals surface area contributed by atoms with Crippen LogP contribution in [-0.4, -0.2) is 6.04 Å². The maximum Gasteiger partial charge on any atom is 0.00702 e. The third-order valence-corrected chi connectivity index (χ3v) is 4.41. The summed E-state index contributed by atoms with van der Waals surface area (Å²) in [7, 11) is 0. The second-order valence-electron chi connectivity index (χ2n) is 5.12. The maximum atomic E-state index is 6.02. The topological polar surface area (TPSA) is 26.0 Å². The first kappa shape index (κ1) is 7.60. The molecule has 1 nitrogen and oxygen atoms in total. The van der Waals surface area contributed by atoms with Crippen molar-refractivity contribution >= 4 is 0 Å². The molecule has 3 aliphatic carbocycles. The van der Waals surface area contributed by atoms with Gasteiger partial charge < -0.3 is 5.73 Å². The third kappa shape index (κ3) is 0.807. The van der Waals surface area contributed by atoms with Gasteiger partial charge in [-0.25, -0.2) is 0 Å². The highest BCUT2D eigenvalue weighted by atomic mass is 14.7. The number of fused-ring (bicyclic) bond motifs is 2. The van der Waals surface area contributed by atoms with Gasteiger partial charge in [0.25, 0.3) is 0 Å². The van der Waals surface area contributed by atoms with Crippen LogP contribution in [0.2, 0.25) is 0 Å². The lowest BCUT2D eigenvalue weighted by Crippen LogP contribution is -2.58. The molecule has 0 amide bonds. The van der Waals surface area contributed by atoms with Crippen molar-refractivity contribution in [1.29, 1.82) is 0 Å². The molecule has 3 saturated carbocycles. The zero-order chi connectivity index (χ0) is 8.22. The van der Waals surface area contributed by atoms with Crippen LogP contribution in [0, 0.1) is 23.2 Å². The first-order chi connectivity index (χ1) is 5.03. The van der Waals surface area contributed by atoms with Crippen LogP contribution in [0.5, 0.6) is 0 Å². The summed E-state index contributed by atoms with van der Waals surface area (Å²) in [6.45, 7) is 7.15. The zero-order valence-electron chi connectivity index (χ0n) is 7.80. The number of nitrogens with two attached hydrogens (primary N) is 1. The average molecular weight is 153 g/mol. The fraction of sp³-hybridized carbons (Fsp3) is 1.00. The van der Waals surface area contributed by atoms with Crippen molar-refractivity contribution in [3.8, 4) is 0 Å². The van der Waals surface area contributed by atoms with Crippen LogP contribution in [0.25, 0.3) is 0 Å². The Balaban J connectivity index is 2.17. The lowest BCUT2D eigenvalue weighted by molar-refractivity contribution is -0.108. The molecule has 3 fully saturated rings. The summed E-state index contributed by atoms with van der Waals surface area (Å²) in [4.78, 5) is 0. The van der Waals surface area contributed by atoms with Gasteiger partial charge in [0, 0.05) is 6.04 Å². The molecule has 2 N–H and O–H groups in total. The molecule has 0 unspecified atom stereocenters. The van der Waals surface area contributed by atoms with Crippen molar-refractivity contribution in [2.24, 2.45) is 28.9 Å². The van der Waals surface area contributed by atoms with E-state index in [0.717, 1.165) is 17.8 Å². The highest BCUT2D eigenvalue weighted by Gasteiger charge is 2.55. The van der Waals surface area contributed by atoms with Gasteiger partial charge in [-0.1, -0.05) is 20.8 Å². The van der Waals surface area contributed by atoms with Crippen molar-refractivity contribution < 1.29 is 0 Å². The molecule has 4 atom stereocenters. The molecular weight excluding hydrogens is 134 g/mol. The minimum absolute atomic E-state index is 0.492. The minimum Gasteiger partial charge on any atom is -0.327 e. The van der Waals surface area contributed by atoms with Crippen molar-refractivity contribution in [2.45, 2.75) is 39.7 Å². The van der Waals surface area contributed by atoms with E-state index in [1.807, 2.05) is 0 Å². The van der Waals surface area contributed by atoms with E-state index in [-0.39, 0.29) is 0 Å². The Morgan fingerprint density at radius 2 is 1.91 bits per heavy atom. The largest absolute Gasteiger partial charge is 0.327 e. The van der Waals surface area contributed by atoms with Gasteiger partial charge in [-0.3, -0.25) is 0 Å². The van der Waals surface area contributed by atoms with Gasteiger partial charge in [-0.05, 0) is 36.0 Å². The summed E-state index contributed by atoms with van der Waals surface area (Å²) < 4.78 is 0. The standard InChI is InChI=1S/C10H19N/c1-6-8-4-7(5-9(6)11)10(8,2)3/h6-9H,4-5,11H2,1-3H3/t6-,7-,8+,9+/m1/s1. The van der Waals surface area contributed by atoms with Crippen molar-refractivity contribution in [2.75, 3.05) is 0 Å². The van der Waals surface area contributed by atoms with Gasteiger partial charge in [-0.15, -0.1) is 0 Å². The molecule has 0 heterocycles. The first-order valence-electron chi connectivity index (χ1n) is 4.79. The van der Waals surface area contributed by atoms with Gasteiger partial charge in [0.2, 0.25) is 0 Å². The monoisotopic (exact) mass is 153 g/mol. The summed E-state index contributed by atoms with van der Waals surface area (Å²) in [6, 6.07) is 0.492. The zero-order valence-corrected chi connectivity index (χ0v) is 7.80. The molecule has 2 bridgehead atoms. The Labute approximate surface area is 69.4 Å². The first-order valence-corrected chi connectivity index (χ1v) is 4.79. The summed E-state index contributed by atoms with van der Waals surface area (Å²) in [6.07, 6.45) is 2.71. The summed E-state index contributed by atoms with van der Waals surface area (Å²) in [5.41, 5.74) is 6.63. The van der Waals surface area contributed by atoms with Crippen LogP contribution in [0.3, 0.4) is 0 Å². The Morgan fingerprint density at radius 3 is 2.27 bits per heavy atom. The molecule has 0 radical (unpaired) electrons. The molecule has 0 saturated heterocycles. The Kier molecular flexibility index (Phi) is 1.39. The Morgan fingerprint density at radius 1 is 1.27 bits per heavy atom. The summed E-state index contributed by atoms with van der Waals surface area (Å²) in [5, 5.41) is 0. The second-order valence-corrected chi connectivity index (χ2v) is 5.12. The molecule has 64 valence electrons. The smallest absolute Gasteiger partial charge is 0.00702 e. The highest BCUT2D eigenvalue weighted by molar-refractivity contribution is 5.06. The molecule has 0 aromatic heterocycles. The fourth-order valence-electron chi connectivity index (χ4n) is 3.19. The maximum absolute atomic E-state index is 6.02. The fourth-order valence-corrected chi connectivity index (χ4v) is 3.19. The lowest BCUT2D eigenvalue weighted by atomic mass is 9.45. The van der Waals surface area contributed by atoms with Crippen LogP contribution in [-0.2, 0) is 0 Å². The normalized spacial score (nSPS) is 53.5. The van der Waals surface area contributed by atoms with Gasteiger partial charge in [0.1, 0.15) is 0 Å². The van der Waals surface area contributed by atoms with E-state index in [1.54, 1.807) is 0 Å². The van der Waals surface area contributed by atoms with Crippen molar-refractivity contribution in [1.82, 2.24) is 0 Å². The van der Waals surface area contributed by atoms with Crippen molar-refractivity contribution in [3.63, 3.8) is 0 Å². The minimum atomic E-state index is 0.492. The van der Waals surface area contributed by atoms with Gasteiger partial charge in [0.15, 0.2) is 0 Å². The van der Waals surface area contributed by atoms with Gasteiger partial charge in [0.05, 0.1) is 0 Å². The molecular formula is C10H19N. The van der Waals surface area contributed by atoms with Crippen LogP contribution < -0.4 is 5.73 Å². The third-order valence-electron chi connectivity index (χ3n) is 4.41. The van der Waals surface area contributed by atoms with E-state index < -0.39 is 0 Å². The molecule has 3 aliphatic rings. The van der Waals surface area contributed by atoms with Gasteiger partial charge >= 0.3 is 0 Å². The van der Waals surface area contributed by atoms with Crippen LogP contribution in [0.4, 0.5) is 0 Å². The Bertz CT molecular complexity index is 174. The molecule has 0 aromatic rings. The van der Waals surface area contributed by atoms with Crippen LogP contribution >= 0.6 is 0 Å². The van der Waals surface area contributed by atoms with Crippen molar-refractivity contribution in [3.05, 3.63) is 0 Å². The predicted octanol–water partition coefficient (Wildman–Crippen LogP) is 2.02. The molecule has 11 heavy (non-hydrogen) atoms. The highest BCUT2D eigenvalue weighted by Crippen LogP contribution is 2.60. The van der Waals surface area contributed by atoms with E-state index in [9.17, 15) is 0 Å². The molecule has 0 aromatic carbocycles. The molecule has 3 rings (SSSR count). The van der Waals surface area contributed by atoms with Gasteiger partial charge in [-0.2, -0.15) is 0 Å². The number of rotatable bonds is 0. The lowest BCUT2D eigenvalue weighted by Gasteiger charge is -2.61. The molecule has 1 heteroatoms. The van der Waals surface area contributed by atoms with E-state index in [0.29, 0.717) is 11.5 Å². The Hall–Kier alpha value is -0.0400. The molecule has 0 aliphatic heterocycles. The predicted molar refractivity (Wildman–Crippen MR) is 47.1 cm³/mol. The summed E-state index contributed by atoms with van der Waals surface area (Å²) >= 11 is 0. The second kappa shape index (κ2) is 2.01. The van der Waals surface area contributed by atoms with Crippen LogP contribution in [0.15, 0.2) is 0 Å².